The Labute approximate surface area is 169 Å². The van der Waals surface area contributed by atoms with Crippen LogP contribution >= 0.6 is 0 Å². The van der Waals surface area contributed by atoms with Crippen molar-refractivity contribution in [3.8, 4) is 5.75 Å². The quantitative estimate of drug-likeness (QED) is 0.723. The zero-order chi connectivity index (χ0) is 20.2. The molecule has 1 amide bonds. The fourth-order valence-electron chi connectivity index (χ4n) is 4.15. The van der Waals surface area contributed by atoms with E-state index >= 15 is 0 Å². The minimum Gasteiger partial charge on any atom is -0.494 e. The summed E-state index contributed by atoms with van der Waals surface area (Å²) in [4.78, 5) is 31.8. The zero-order valence-corrected chi connectivity index (χ0v) is 16.3. The lowest BCUT2D eigenvalue weighted by atomic mass is 9.81. The average molecular weight is 396 g/mol. The highest BCUT2D eigenvalue weighted by atomic mass is 16.6. The van der Waals surface area contributed by atoms with Gasteiger partial charge in [0.1, 0.15) is 18.1 Å². The molecule has 7 heteroatoms. The summed E-state index contributed by atoms with van der Waals surface area (Å²) in [7, 11) is 1.53. The Hall–Kier alpha value is -2.93. The summed E-state index contributed by atoms with van der Waals surface area (Å²) >= 11 is 0. The number of fused-ring (bicyclic) bond motifs is 2. The van der Waals surface area contributed by atoms with Crippen LogP contribution in [0.5, 0.6) is 5.75 Å². The molecule has 0 radical (unpaired) electrons. The lowest BCUT2D eigenvalue weighted by molar-refractivity contribution is -0.0756. The molecule has 2 aromatic rings. The highest BCUT2D eigenvalue weighted by Crippen LogP contribution is 2.35. The van der Waals surface area contributed by atoms with Crippen LogP contribution in [-0.4, -0.2) is 54.2 Å². The second kappa shape index (κ2) is 8.61. The Bertz CT molecular complexity index is 859. The van der Waals surface area contributed by atoms with Crippen LogP contribution in [0, 0.1) is 5.92 Å². The lowest BCUT2D eigenvalue weighted by Gasteiger charge is -2.47. The summed E-state index contributed by atoms with van der Waals surface area (Å²) in [6.07, 6.45) is 2.29. The van der Waals surface area contributed by atoms with Gasteiger partial charge in [-0.25, -0.2) is 9.78 Å². The Balaban J connectivity index is 1.45. The number of amides is 1. The molecule has 2 aliphatic heterocycles. The Kier molecular flexibility index (Phi) is 5.76. The maximum Gasteiger partial charge on any atom is 0.410 e. The van der Waals surface area contributed by atoms with Gasteiger partial charge in [0, 0.05) is 12.1 Å². The van der Waals surface area contributed by atoms with Gasteiger partial charge in [-0.15, -0.1) is 0 Å². The van der Waals surface area contributed by atoms with E-state index in [2.05, 4.69) is 4.98 Å². The normalized spacial score (nSPS) is 23.3. The number of carbonyl (C=O) groups excluding carboxylic acids is 2. The molecule has 2 saturated heterocycles. The zero-order valence-electron chi connectivity index (χ0n) is 16.3. The van der Waals surface area contributed by atoms with Gasteiger partial charge in [0.05, 0.1) is 32.4 Å². The summed E-state index contributed by atoms with van der Waals surface area (Å²) < 4.78 is 16.5. The fraction of sp³-hybridized carbons (Fsp3) is 0.409. The molecule has 0 N–H and O–H groups in total. The molecule has 3 heterocycles. The van der Waals surface area contributed by atoms with Crippen molar-refractivity contribution in [2.75, 3.05) is 20.3 Å². The van der Waals surface area contributed by atoms with Gasteiger partial charge >= 0.3 is 6.09 Å². The van der Waals surface area contributed by atoms with E-state index in [-0.39, 0.29) is 36.5 Å². The van der Waals surface area contributed by atoms with Gasteiger partial charge in [-0.3, -0.25) is 9.69 Å². The van der Waals surface area contributed by atoms with Crippen molar-refractivity contribution in [3.05, 3.63) is 59.9 Å². The van der Waals surface area contributed by atoms with Gasteiger partial charge in [0.2, 0.25) is 0 Å². The van der Waals surface area contributed by atoms with Gasteiger partial charge in [-0.2, -0.15) is 0 Å². The van der Waals surface area contributed by atoms with Crippen LogP contribution in [0.2, 0.25) is 0 Å². The molecule has 4 rings (SSSR count). The molecule has 152 valence electrons. The third kappa shape index (κ3) is 4.10. The first kappa shape index (κ1) is 19.4. The highest BCUT2D eigenvalue weighted by molar-refractivity contribution is 5.98. The molecule has 2 atom stereocenters. The summed E-state index contributed by atoms with van der Waals surface area (Å²) in [5, 5.41) is 0. The Morgan fingerprint density at radius 3 is 2.52 bits per heavy atom. The summed E-state index contributed by atoms with van der Waals surface area (Å²) in [6.45, 7) is 1.03. The van der Waals surface area contributed by atoms with Crippen LogP contribution in [0.25, 0.3) is 0 Å². The maximum atomic E-state index is 13.1. The fourth-order valence-corrected chi connectivity index (χ4v) is 4.15. The van der Waals surface area contributed by atoms with Crippen LogP contribution in [0.4, 0.5) is 4.79 Å². The van der Waals surface area contributed by atoms with Gasteiger partial charge in [-0.1, -0.05) is 30.3 Å². The highest BCUT2D eigenvalue weighted by Gasteiger charge is 2.45. The summed E-state index contributed by atoms with van der Waals surface area (Å²) in [6, 6.07) is 12.7. The first-order chi connectivity index (χ1) is 14.2. The van der Waals surface area contributed by atoms with Gasteiger partial charge in [-0.05, 0) is 30.5 Å². The van der Waals surface area contributed by atoms with Crippen LogP contribution in [0.15, 0.2) is 48.7 Å². The number of rotatable bonds is 5. The number of hydrogen-bond donors (Lipinski definition) is 0. The molecule has 2 aliphatic rings. The van der Waals surface area contributed by atoms with E-state index in [1.165, 1.54) is 7.11 Å². The molecular weight excluding hydrogens is 372 g/mol. The standard InChI is InChI=1S/C22H24N2O5/c1-27-19-8-5-9-23-20(19)21(25)16-10-17-13-28-14-18(11-16)24(17)22(26)29-12-15-6-3-2-4-7-15/h2-9,16-18H,10-14H2,1H3. The number of hydrogen-bond acceptors (Lipinski definition) is 6. The minimum absolute atomic E-state index is 0.0448. The molecule has 2 fully saturated rings. The molecular formula is C22H24N2O5. The van der Waals surface area contributed by atoms with E-state index in [1.54, 1.807) is 23.2 Å². The molecule has 7 nitrogen and oxygen atoms in total. The van der Waals surface area contributed by atoms with Crippen molar-refractivity contribution in [1.29, 1.82) is 0 Å². The van der Waals surface area contributed by atoms with Crippen molar-refractivity contribution < 1.29 is 23.8 Å². The molecule has 29 heavy (non-hydrogen) atoms. The van der Waals surface area contributed by atoms with Crippen molar-refractivity contribution in [2.24, 2.45) is 5.92 Å². The first-order valence-corrected chi connectivity index (χ1v) is 9.77. The van der Waals surface area contributed by atoms with E-state index < -0.39 is 0 Å². The van der Waals surface area contributed by atoms with Crippen molar-refractivity contribution in [1.82, 2.24) is 9.88 Å². The van der Waals surface area contributed by atoms with Gasteiger partial charge < -0.3 is 14.2 Å². The van der Waals surface area contributed by atoms with E-state index in [0.29, 0.717) is 37.5 Å². The second-order valence-electron chi connectivity index (χ2n) is 7.38. The van der Waals surface area contributed by atoms with Crippen molar-refractivity contribution in [2.45, 2.75) is 31.5 Å². The van der Waals surface area contributed by atoms with Crippen LogP contribution in [-0.2, 0) is 16.1 Å². The number of Topliss-reactive ketones (excluding diaryl/α,β-unsaturated/α-hetero) is 1. The number of nitrogens with zero attached hydrogens (tertiary/aromatic N) is 2. The summed E-state index contributed by atoms with van der Waals surface area (Å²) in [5.41, 5.74) is 1.29. The Morgan fingerprint density at radius 1 is 1.10 bits per heavy atom. The summed E-state index contributed by atoms with van der Waals surface area (Å²) in [5.74, 6) is 0.205. The van der Waals surface area contributed by atoms with E-state index in [0.717, 1.165) is 5.56 Å². The number of pyridine rings is 1. The molecule has 1 aromatic carbocycles. The molecule has 2 bridgehead atoms. The maximum absolute atomic E-state index is 13.1. The lowest BCUT2D eigenvalue weighted by Crippen LogP contribution is -2.60. The average Bonchev–Trinajstić information content (AvgIpc) is 2.76. The van der Waals surface area contributed by atoms with Crippen LogP contribution < -0.4 is 4.74 Å². The number of ketones is 1. The van der Waals surface area contributed by atoms with E-state index in [9.17, 15) is 9.59 Å². The molecule has 0 aliphatic carbocycles. The van der Waals surface area contributed by atoms with Gasteiger partial charge in [0.15, 0.2) is 5.78 Å². The molecule has 2 unspecified atom stereocenters. The van der Waals surface area contributed by atoms with Crippen LogP contribution in [0.3, 0.4) is 0 Å². The Morgan fingerprint density at radius 2 is 1.83 bits per heavy atom. The number of morpholine rings is 1. The first-order valence-electron chi connectivity index (χ1n) is 9.77. The largest absolute Gasteiger partial charge is 0.494 e. The van der Waals surface area contributed by atoms with E-state index in [1.807, 2.05) is 30.3 Å². The van der Waals surface area contributed by atoms with Crippen molar-refractivity contribution in [3.63, 3.8) is 0 Å². The number of carbonyl (C=O) groups is 2. The SMILES string of the molecule is COc1cccnc1C(=O)C1CC2COCC(C1)N2C(=O)OCc1ccccc1. The molecule has 0 spiro atoms. The molecule has 0 saturated carbocycles. The second-order valence-corrected chi connectivity index (χ2v) is 7.38. The minimum atomic E-state index is -0.353. The molecule has 1 aromatic heterocycles. The third-order valence-corrected chi connectivity index (χ3v) is 5.53. The smallest absolute Gasteiger partial charge is 0.410 e. The third-order valence-electron chi connectivity index (χ3n) is 5.53. The number of piperidine rings is 1. The van der Waals surface area contributed by atoms with Crippen LogP contribution in [0.1, 0.15) is 28.9 Å². The topological polar surface area (TPSA) is 78.0 Å². The monoisotopic (exact) mass is 396 g/mol. The predicted molar refractivity (Wildman–Crippen MR) is 105 cm³/mol. The van der Waals surface area contributed by atoms with Crippen molar-refractivity contribution >= 4 is 11.9 Å². The van der Waals surface area contributed by atoms with E-state index in [4.69, 9.17) is 14.2 Å². The predicted octanol–water partition coefficient (Wildman–Crippen LogP) is 3.09. The van der Waals surface area contributed by atoms with Gasteiger partial charge in [0.25, 0.3) is 0 Å². The number of ether oxygens (including phenoxy) is 3. The number of benzene rings is 1. The number of aromatic nitrogens is 1. The number of methoxy groups -OCH3 is 1.